The van der Waals surface area contributed by atoms with E-state index in [9.17, 15) is 0 Å². The molecule has 2 heterocycles. The van der Waals surface area contributed by atoms with E-state index in [4.69, 9.17) is 0 Å². The van der Waals surface area contributed by atoms with Gasteiger partial charge in [-0.15, -0.1) is 11.3 Å². The van der Waals surface area contributed by atoms with Crippen molar-refractivity contribution >= 4 is 11.3 Å². The Morgan fingerprint density at radius 3 is 2.73 bits per heavy atom. The molecule has 2 heteroatoms. The van der Waals surface area contributed by atoms with Gasteiger partial charge in [-0.3, -0.25) is 0 Å². The molecule has 15 heavy (non-hydrogen) atoms. The molecule has 1 spiro atoms. The topological polar surface area (TPSA) is 12.0 Å². The first-order valence-electron chi connectivity index (χ1n) is 6.23. The molecule has 1 aromatic heterocycles. The second kappa shape index (κ2) is 3.91. The minimum Gasteiger partial charge on any atom is -0.307 e. The van der Waals surface area contributed by atoms with Crippen LogP contribution in [0, 0.1) is 0 Å². The number of hydrogen-bond acceptors (Lipinski definition) is 2. The first-order valence-corrected chi connectivity index (χ1v) is 7.11. The normalized spacial score (nSPS) is 24.8. The molecule has 2 aliphatic rings. The molecular weight excluding hydrogens is 202 g/mol. The number of rotatable bonds is 0. The van der Waals surface area contributed by atoms with Gasteiger partial charge in [-0.25, -0.2) is 0 Å². The van der Waals surface area contributed by atoms with Gasteiger partial charge in [-0.2, -0.15) is 0 Å². The highest BCUT2D eigenvalue weighted by Gasteiger charge is 2.36. The highest BCUT2D eigenvalue weighted by atomic mass is 32.1. The fraction of sp³-hybridized carbons (Fsp3) is 0.692. The minimum absolute atomic E-state index is 0.365. The first-order chi connectivity index (χ1) is 7.41. The van der Waals surface area contributed by atoms with Gasteiger partial charge in [0.15, 0.2) is 0 Å². The molecular formula is C13H19NS. The maximum absolute atomic E-state index is 3.82. The zero-order chi connectivity index (χ0) is 10.1. The molecule has 0 aromatic carbocycles. The van der Waals surface area contributed by atoms with E-state index in [-0.39, 0.29) is 0 Å². The van der Waals surface area contributed by atoms with Gasteiger partial charge in [0, 0.05) is 17.0 Å². The van der Waals surface area contributed by atoms with E-state index in [2.05, 4.69) is 16.8 Å². The summed E-state index contributed by atoms with van der Waals surface area (Å²) in [6, 6.07) is 2.37. The molecule has 0 saturated heterocycles. The molecule has 0 radical (unpaired) electrons. The van der Waals surface area contributed by atoms with E-state index in [0.717, 1.165) is 0 Å². The molecule has 0 atom stereocenters. The fourth-order valence-corrected chi connectivity index (χ4v) is 4.23. The molecule has 1 aliphatic carbocycles. The van der Waals surface area contributed by atoms with Crippen LogP contribution in [-0.2, 0) is 12.0 Å². The zero-order valence-corrected chi connectivity index (χ0v) is 10.0. The molecule has 0 unspecified atom stereocenters. The summed E-state index contributed by atoms with van der Waals surface area (Å²) in [4.78, 5) is 1.65. The number of hydrogen-bond donors (Lipinski definition) is 1. The van der Waals surface area contributed by atoms with Gasteiger partial charge < -0.3 is 5.32 Å². The Kier molecular flexibility index (Phi) is 2.57. The van der Waals surface area contributed by atoms with Crippen LogP contribution in [0.2, 0.25) is 0 Å². The molecule has 1 saturated carbocycles. The average Bonchev–Trinajstić information content (AvgIpc) is 2.62. The lowest BCUT2D eigenvalue weighted by atomic mass is 9.80. The minimum atomic E-state index is 0.365. The van der Waals surface area contributed by atoms with Gasteiger partial charge in [0.2, 0.25) is 0 Å². The van der Waals surface area contributed by atoms with Crippen molar-refractivity contribution in [3.63, 3.8) is 0 Å². The third-order valence-corrected chi connectivity index (χ3v) is 5.01. The molecule has 0 bridgehead atoms. The highest BCUT2D eigenvalue weighted by molar-refractivity contribution is 7.10. The van der Waals surface area contributed by atoms with Gasteiger partial charge in [-0.1, -0.05) is 25.7 Å². The van der Waals surface area contributed by atoms with Gasteiger partial charge in [0.25, 0.3) is 0 Å². The standard InChI is InChI=1S/C13H19NS/c1-2-4-8-13(7-3-1)11-6-10-15-12(11)5-9-14-13/h6,10,14H,1-5,7-9H2. The Labute approximate surface area is 95.9 Å². The molecule has 82 valence electrons. The van der Waals surface area contributed by atoms with Crippen LogP contribution in [0.4, 0.5) is 0 Å². The van der Waals surface area contributed by atoms with Crippen molar-refractivity contribution < 1.29 is 0 Å². The first kappa shape index (κ1) is 9.86. The van der Waals surface area contributed by atoms with Crippen LogP contribution in [0.15, 0.2) is 11.4 Å². The monoisotopic (exact) mass is 221 g/mol. The van der Waals surface area contributed by atoms with Crippen LogP contribution in [0.25, 0.3) is 0 Å². The quantitative estimate of drug-likeness (QED) is 0.707. The summed E-state index contributed by atoms with van der Waals surface area (Å²) in [6.45, 7) is 1.19. The summed E-state index contributed by atoms with van der Waals surface area (Å²) < 4.78 is 0. The van der Waals surface area contributed by atoms with Crippen LogP contribution in [-0.4, -0.2) is 6.54 Å². The summed E-state index contributed by atoms with van der Waals surface area (Å²) in [5.74, 6) is 0. The van der Waals surface area contributed by atoms with Crippen LogP contribution in [0.1, 0.15) is 49.0 Å². The second-order valence-electron chi connectivity index (χ2n) is 4.93. The van der Waals surface area contributed by atoms with Crippen molar-refractivity contribution in [1.29, 1.82) is 0 Å². The van der Waals surface area contributed by atoms with E-state index >= 15 is 0 Å². The van der Waals surface area contributed by atoms with Crippen LogP contribution < -0.4 is 5.32 Å². The lowest BCUT2D eigenvalue weighted by Crippen LogP contribution is -2.46. The van der Waals surface area contributed by atoms with Gasteiger partial charge in [0.1, 0.15) is 0 Å². The lowest BCUT2D eigenvalue weighted by Gasteiger charge is -2.38. The van der Waals surface area contributed by atoms with Crippen molar-refractivity contribution in [2.75, 3.05) is 6.54 Å². The maximum Gasteiger partial charge on any atom is 0.0445 e. The van der Waals surface area contributed by atoms with Crippen molar-refractivity contribution in [2.45, 2.75) is 50.5 Å². The SMILES string of the molecule is c1cc2c(s1)CCNC21CCCCCC1. The molecule has 1 aliphatic heterocycles. The number of nitrogens with one attached hydrogen (secondary N) is 1. The van der Waals surface area contributed by atoms with E-state index in [1.54, 1.807) is 10.4 Å². The van der Waals surface area contributed by atoms with Crippen molar-refractivity contribution in [1.82, 2.24) is 5.32 Å². The van der Waals surface area contributed by atoms with Gasteiger partial charge >= 0.3 is 0 Å². The van der Waals surface area contributed by atoms with E-state index in [1.807, 2.05) is 11.3 Å². The average molecular weight is 221 g/mol. The number of fused-ring (bicyclic) bond motifs is 2. The molecule has 0 amide bonds. The van der Waals surface area contributed by atoms with Gasteiger partial charge in [0.05, 0.1) is 0 Å². The zero-order valence-electron chi connectivity index (χ0n) is 9.22. The predicted octanol–water partition coefficient (Wildman–Crippen LogP) is 3.44. The Bertz CT molecular complexity index is 334. The fourth-order valence-electron chi connectivity index (χ4n) is 3.25. The van der Waals surface area contributed by atoms with Crippen molar-refractivity contribution in [3.05, 3.63) is 21.9 Å². The summed E-state index contributed by atoms with van der Waals surface area (Å²) in [5.41, 5.74) is 2.00. The summed E-state index contributed by atoms with van der Waals surface area (Å²) in [5, 5.41) is 6.11. The van der Waals surface area contributed by atoms with Crippen LogP contribution >= 0.6 is 11.3 Å². The molecule has 1 N–H and O–H groups in total. The summed E-state index contributed by atoms with van der Waals surface area (Å²) in [6.07, 6.45) is 9.64. The third kappa shape index (κ3) is 1.64. The van der Waals surface area contributed by atoms with Crippen LogP contribution in [0.3, 0.4) is 0 Å². The Balaban J connectivity index is 1.98. The Morgan fingerprint density at radius 1 is 1.13 bits per heavy atom. The predicted molar refractivity (Wildman–Crippen MR) is 65.4 cm³/mol. The molecule has 1 nitrogen and oxygen atoms in total. The van der Waals surface area contributed by atoms with Crippen molar-refractivity contribution in [3.8, 4) is 0 Å². The third-order valence-electron chi connectivity index (χ3n) is 4.03. The van der Waals surface area contributed by atoms with Crippen molar-refractivity contribution in [2.24, 2.45) is 0 Å². The largest absolute Gasteiger partial charge is 0.307 e. The van der Waals surface area contributed by atoms with E-state index < -0.39 is 0 Å². The lowest BCUT2D eigenvalue weighted by molar-refractivity contribution is 0.278. The summed E-state index contributed by atoms with van der Waals surface area (Å²) in [7, 11) is 0. The molecule has 3 rings (SSSR count). The molecule has 1 aromatic rings. The summed E-state index contributed by atoms with van der Waals surface area (Å²) >= 11 is 1.96. The second-order valence-corrected chi connectivity index (χ2v) is 5.93. The number of thiophene rings is 1. The highest BCUT2D eigenvalue weighted by Crippen LogP contribution is 2.41. The van der Waals surface area contributed by atoms with E-state index in [1.165, 1.54) is 51.5 Å². The molecule has 1 fully saturated rings. The maximum atomic E-state index is 3.82. The smallest absolute Gasteiger partial charge is 0.0445 e. The van der Waals surface area contributed by atoms with E-state index in [0.29, 0.717) is 5.54 Å². The Morgan fingerprint density at radius 2 is 1.93 bits per heavy atom. The van der Waals surface area contributed by atoms with Crippen LogP contribution in [0.5, 0.6) is 0 Å². The van der Waals surface area contributed by atoms with Gasteiger partial charge in [-0.05, 0) is 36.3 Å². The Hall–Kier alpha value is -0.340.